The first-order chi connectivity index (χ1) is 28.1. The van der Waals surface area contributed by atoms with E-state index < -0.39 is 59.7 Å². The number of benzene rings is 4. The Balaban J connectivity index is 1.35. The monoisotopic (exact) mass is 799 g/mol. The molecule has 0 radical (unpaired) electrons. The highest BCUT2D eigenvalue weighted by atomic mass is 32.1. The number of carbonyl (C=O) groups is 6. The predicted octanol–water partition coefficient (Wildman–Crippen LogP) is 4.53. The standard InChI is InChI=1S/C45H45N5O7S/c1-57-45(56)39-27-31-16-20-34(21-17-31)46-40(51)22-23-41(52)47-38(28-35-13-8-24-58-35)44(55)49-37(26-30-14-18-33(19-15-30)32-11-6-3-7-12-32)42(53)48-36(43(54)50-39)25-29-9-4-2-5-10-29/h2-21,24,36-39H,22-23,25-28H2,1H3,(H,46,51)(H,47,52)(H,48,53)(H,49,55)(H,50,54)/t36-,37+,38-,39+/m1/s1. The molecular weight excluding hydrogens is 755 g/mol. The Labute approximate surface area is 340 Å². The van der Waals surface area contributed by atoms with Gasteiger partial charge in [-0.15, -0.1) is 11.3 Å². The summed E-state index contributed by atoms with van der Waals surface area (Å²) in [5, 5.41) is 15.9. The molecule has 3 heterocycles. The van der Waals surface area contributed by atoms with E-state index in [1.54, 1.807) is 24.3 Å². The Morgan fingerprint density at radius 3 is 1.74 bits per heavy atom. The molecule has 5 amide bonds. The fourth-order valence-corrected chi connectivity index (χ4v) is 7.39. The molecule has 0 aliphatic carbocycles. The van der Waals surface area contributed by atoms with E-state index in [-0.39, 0.29) is 38.5 Å². The quantitative estimate of drug-likeness (QED) is 0.113. The zero-order valence-corrected chi connectivity index (χ0v) is 32.8. The number of rotatable bonds is 8. The maximum atomic E-state index is 14.5. The van der Waals surface area contributed by atoms with Crippen LogP contribution in [0, 0.1) is 0 Å². The molecule has 13 heteroatoms. The summed E-state index contributed by atoms with van der Waals surface area (Å²) in [6.07, 6.45) is -0.0172. The van der Waals surface area contributed by atoms with Crippen LogP contribution in [-0.4, -0.2) is 66.8 Å². The van der Waals surface area contributed by atoms with Crippen LogP contribution in [0.25, 0.3) is 11.1 Å². The lowest BCUT2D eigenvalue weighted by atomic mass is 9.99. The zero-order valence-electron chi connectivity index (χ0n) is 31.9. The van der Waals surface area contributed by atoms with Gasteiger partial charge < -0.3 is 31.3 Å². The second kappa shape index (κ2) is 20.0. The zero-order chi connectivity index (χ0) is 40.9. The Morgan fingerprint density at radius 1 is 0.586 bits per heavy atom. The highest BCUT2D eigenvalue weighted by Crippen LogP contribution is 2.21. The molecule has 1 aromatic heterocycles. The molecule has 2 aliphatic heterocycles. The number of carbonyl (C=O) groups excluding carboxylic acids is 6. The summed E-state index contributed by atoms with van der Waals surface area (Å²) in [7, 11) is 1.22. The van der Waals surface area contributed by atoms with E-state index in [0.717, 1.165) is 27.1 Å². The minimum atomic E-state index is -1.20. The Hall–Kier alpha value is -6.60. The van der Waals surface area contributed by atoms with Crippen molar-refractivity contribution in [2.75, 3.05) is 12.4 Å². The molecular formula is C45H45N5O7S. The molecule has 298 valence electrons. The van der Waals surface area contributed by atoms with Gasteiger partial charge in [-0.25, -0.2) is 4.79 Å². The average Bonchev–Trinajstić information content (AvgIpc) is 3.76. The molecule has 4 atom stereocenters. The van der Waals surface area contributed by atoms with Crippen LogP contribution in [-0.2, 0) is 59.2 Å². The van der Waals surface area contributed by atoms with Gasteiger partial charge in [-0.2, -0.15) is 0 Å². The number of thiophene rings is 1. The fraction of sp³-hybridized carbons (Fsp3) is 0.244. The maximum Gasteiger partial charge on any atom is 0.328 e. The molecule has 7 rings (SSSR count). The fourth-order valence-electron chi connectivity index (χ4n) is 6.64. The molecule has 0 saturated heterocycles. The second-order valence-corrected chi connectivity index (χ2v) is 15.0. The first-order valence-corrected chi connectivity index (χ1v) is 19.9. The molecule has 0 fully saturated rings. The first-order valence-electron chi connectivity index (χ1n) is 19.0. The Kier molecular flexibility index (Phi) is 14.2. The highest BCUT2D eigenvalue weighted by Gasteiger charge is 2.32. The largest absolute Gasteiger partial charge is 0.467 e. The number of fused-ring (bicyclic) bond motifs is 18. The number of esters is 1. The third kappa shape index (κ3) is 11.7. The van der Waals surface area contributed by atoms with Crippen LogP contribution in [0.1, 0.15) is 34.4 Å². The summed E-state index contributed by atoms with van der Waals surface area (Å²) in [6, 6.07) is 32.4. The minimum Gasteiger partial charge on any atom is -0.467 e. The third-order valence-corrected chi connectivity index (χ3v) is 10.6. The molecule has 5 aromatic rings. The number of methoxy groups -OCH3 is 1. The number of amides is 5. The number of ether oxygens (including phenoxy) is 1. The lowest BCUT2D eigenvalue weighted by Crippen LogP contribution is -2.59. The van der Waals surface area contributed by atoms with Crippen molar-refractivity contribution in [3.63, 3.8) is 0 Å². The summed E-state index contributed by atoms with van der Waals surface area (Å²) >= 11 is 1.42. The van der Waals surface area contributed by atoms with Gasteiger partial charge in [0.25, 0.3) is 0 Å². The van der Waals surface area contributed by atoms with Gasteiger partial charge in [0, 0.05) is 49.1 Å². The van der Waals surface area contributed by atoms with Gasteiger partial charge in [-0.3, -0.25) is 24.0 Å². The van der Waals surface area contributed by atoms with Gasteiger partial charge in [0.2, 0.25) is 29.5 Å². The minimum absolute atomic E-state index is 0.0484. The highest BCUT2D eigenvalue weighted by molar-refractivity contribution is 7.09. The van der Waals surface area contributed by atoms with Crippen LogP contribution in [0.3, 0.4) is 0 Å². The summed E-state index contributed by atoms with van der Waals surface area (Å²) in [5.41, 5.74) is 4.60. The summed E-state index contributed by atoms with van der Waals surface area (Å²) in [4.78, 5) is 82.8. The van der Waals surface area contributed by atoms with E-state index in [2.05, 4.69) is 26.6 Å². The molecule has 4 aromatic carbocycles. The van der Waals surface area contributed by atoms with Crippen molar-refractivity contribution < 1.29 is 33.5 Å². The number of nitrogens with one attached hydrogen (secondary N) is 5. The second-order valence-electron chi connectivity index (χ2n) is 14.0. The number of anilines is 1. The molecule has 0 saturated carbocycles. The van der Waals surface area contributed by atoms with Gasteiger partial charge in [0.1, 0.15) is 24.2 Å². The van der Waals surface area contributed by atoms with E-state index >= 15 is 0 Å². The topological polar surface area (TPSA) is 172 Å². The summed E-state index contributed by atoms with van der Waals surface area (Å²) in [6.45, 7) is 0. The molecule has 0 unspecified atom stereocenters. The van der Waals surface area contributed by atoms with Crippen molar-refractivity contribution in [2.45, 2.75) is 62.7 Å². The van der Waals surface area contributed by atoms with E-state index in [0.29, 0.717) is 11.3 Å². The Bertz CT molecular complexity index is 2180. The van der Waals surface area contributed by atoms with E-state index in [1.807, 2.05) is 102 Å². The smallest absolute Gasteiger partial charge is 0.328 e. The number of hydrogen-bond donors (Lipinski definition) is 5. The van der Waals surface area contributed by atoms with Gasteiger partial charge >= 0.3 is 5.97 Å². The van der Waals surface area contributed by atoms with Crippen LogP contribution in [0.4, 0.5) is 5.69 Å². The molecule has 0 spiro atoms. The predicted molar refractivity (Wildman–Crippen MR) is 221 cm³/mol. The van der Waals surface area contributed by atoms with E-state index in [1.165, 1.54) is 18.4 Å². The van der Waals surface area contributed by atoms with Crippen LogP contribution >= 0.6 is 11.3 Å². The third-order valence-electron chi connectivity index (χ3n) is 9.75. The normalized spacial score (nSPS) is 19.7. The van der Waals surface area contributed by atoms with Crippen LogP contribution in [0.5, 0.6) is 0 Å². The van der Waals surface area contributed by atoms with Gasteiger partial charge in [0.05, 0.1) is 7.11 Å². The van der Waals surface area contributed by atoms with Crippen LogP contribution in [0.15, 0.2) is 127 Å². The lowest BCUT2D eigenvalue weighted by molar-refractivity contribution is -0.145. The maximum absolute atomic E-state index is 14.5. The van der Waals surface area contributed by atoms with Crippen molar-refractivity contribution in [2.24, 2.45) is 0 Å². The lowest BCUT2D eigenvalue weighted by Gasteiger charge is -2.26. The first kappa shape index (κ1) is 41.0. The van der Waals surface area contributed by atoms with E-state index in [4.69, 9.17) is 4.74 Å². The van der Waals surface area contributed by atoms with E-state index in [9.17, 15) is 28.8 Å². The summed E-state index contributed by atoms with van der Waals surface area (Å²) in [5.74, 6) is -3.51. The van der Waals surface area contributed by atoms with Gasteiger partial charge in [-0.1, -0.05) is 103 Å². The molecule has 12 nitrogen and oxygen atoms in total. The average molecular weight is 800 g/mol. The van der Waals surface area contributed by atoms with Crippen molar-refractivity contribution in [3.05, 3.63) is 148 Å². The number of hydrogen-bond acceptors (Lipinski definition) is 8. The molecule has 2 aliphatic rings. The molecule has 5 N–H and O–H groups in total. The van der Waals surface area contributed by atoms with Crippen molar-refractivity contribution in [1.29, 1.82) is 0 Å². The van der Waals surface area contributed by atoms with Crippen LogP contribution in [0.2, 0.25) is 0 Å². The van der Waals surface area contributed by atoms with Gasteiger partial charge in [0.15, 0.2) is 0 Å². The summed E-state index contributed by atoms with van der Waals surface area (Å²) < 4.78 is 5.05. The van der Waals surface area contributed by atoms with Crippen molar-refractivity contribution in [3.8, 4) is 11.1 Å². The molecule has 2 bridgehead atoms. The van der Waals surface area contributed by atoms with Crippen LogP contribution < -0.4 is 26.6 Å². The SMILES string of the molecule is COC(=O)[C@@H]1Cc2ccc(cc2)NC(=O)CCC(=O)N[C@H](Cc2cccs2)C(=O)N[C@@H](Cc2ccc(-c3ccccc3)cc2)C(=O)N[C@H](Cc2ccccc2)C(=O)N1. The Morgan fingerprint density at radius 2 is 1.14 bits per heavy atom. The van der Waals surface area contributed by atoms with Gasteiger partial charge in [-0.05, 0) is 51.4 Å². The molecule has 58 heavy (non-hydrogen) atoms. The van der Waals surface area contributed by atoms with Crippen molar-refractivity contribution in [1.82, 2.24) is 21.3 Å². The van der Waals surface area contributed by atoms with Crippen molar-refractivity contribution >= 4 is 52.5 Å².